The molecule has 0 spiro atoms. The van der Waals surface area contributed by atoms with Gasteiger partial charge in [-0.1, -0.05) is 29.4 Å². The topological polar surface area (TPSA) is 30.8 Å². The van der Waals surface area contributed by atoms with Gasteiger partial charge in [-0.2, -0.15) is 13.2 Å². The summed E-state index contributed by atoms with van der Waals surface area (Å²) < 4.78 is 57.0. The minimum atomic E-state index is -4.40. The molecule has 3 aromatic rings. The molecular formula is C22H17F4NO2. The fraction of sp³-hybridized carbons (Fsp3) is 0.136. The molecule has 0 aliphatic heterocycles. The average Bonchev–Trinajstić information content (AvgIpc) is 2.71. The van der Waals surface area contributed by atoms with Crippen LogP contribution in [-0.2, 0) is 17.6 Å². The number of rotatable bonds is 6. The van der Waals surface area contributed by atoms with E-state index in [-0.39, 0.29) is 12.4 Å². The van der Waals surface area contributed by atoms with Gasteiger partial charge in [0.05, 0.1) is 5.56 Å². The molecule has 0 amide bonds. The van der Waals surface area contributed by atoms with Gasteiger partial charge in [-0.3, -0.25) is 0 Å². The van der Waals surface area contributed by atoms with Crippen molar-refractivity contribution >= 4 is 5.71 Å². The maximum absolute atomic E-state index is 13.3. The lowest BCUT2D eigenvalue weighted by molar-refractivity contribution is -0.137. The van der Waals surface area contributed by atoms with Crippen molar-refractivity contribution in [1.82, 2.24) is 0 Å². The van der Waals surface area contributed by atoms with E-state index in [0.29, 0.717) is 22.6 Å². The summed E-state index contributed by atoms with van der Waals surface area (Å²) in [7, 11) is 1.41. The molecule has 0 heterocycles. The largest absolute Gasteiger partial charge is 0.489 e. The van der Waals surface area contributed by atoms with Crippen molar-refractivity contribution in [3.63, 3.8) is 0 Å². The Kier molecular flexibility index (Phi) is 6.16. The normalized spacial score (nSPS) is 12.0. The summed E-state index contributed by atoms with van der Waals surface area (Å²) in [5.41, 5.74) is 1.84. The lowest BCUT2D eigenvalue weighted by Crippen LogP contribution is -2.10. The van der Waals surface area contributed by atoms with Crippen molar-refractivity contribution in [3.05, 3.63) is 101 Å². The van der Waals surface area contributed by atoms with Crippen LogP contribution in [0.15, 0.2) is 78.0 Å². The Morgan fingerprint density at radius 1 is 0.897 bits per heavy atom. The van der Waals surface area contributed by atoms with E-state index < -0.39 is 11.7 Å². The molecule has 3 rings (SSSR count). The van der Waals surface area contributed by atoms with Gasteiger partial charge in [0.15, 0.2) is 0 Å². The standard InChI is InChI=1S/C22H17F4NO2/c1-28-27-21(15-6-10-18(23)11-7-15)20-5-3-2-4-16(20)14-29-19-12-8-17(9-13-19)22(24,25)26/h2-13H,14H2,1H3/b27-21+. The average molecular weight is 403 g/mol. The van der Waals surface area contributed by atoms with Crippen molar-refractivity contribution < 1.29 is 27.1 Å². The van der Waals surface area contributed by atoms with Gasteiger partial charge in [0, 0.05) is 11.1 Å². The number of oxime groups is 1. The molecule has 0 saturated heterocycles. The summed E-state index contributed by atoms with van der Waals surface area (Å²) in [6.45, 7) is 0.103. The molecule has 0 fully saturated rings. The molecular weight excluding hydrogens is 386 g/mol. The van der Waals surface area contributed by atoms with Crippen LogP contribution in [0, 0.1) is 5.82 Å². The summed E-state index contributed by atoms with van der Waals surface area (Å²) in [5, 5.41) is 4.06. The molecule has 0 aromatic heterocycles. The van der Waals surface area contributed by atoms with Gasteiger partial charge in [-0.05, 0) is 54.1 Å². The zero-order chi connectivity index (χ0) is 20.9. The summed E-state index contributed by atoms with van der Waals surface area (Å²) in [6, 6.07) is 17.5. The van der Waals surface area contributed by atoms with Crippen LogP contribution in [0.25, 0.3) is 0 Å². The third-order valence-electron chi connectivity index (χ3n) is 4.15. The van der Waals surface area contributed by atoms with Crippen LogP contribution in [0.2, 0.25) is 0 Å². The Bertz CT molecular complexity index is 981. The molecule has 29 heavy (non-hydrogen) atoms. The Balaban J connectivity index is 1.84. The number of alkyl halides is 3. The van der Waals surface area contributed by atoms with Crippen LogP contribution in [0.3, 0.4) is 0 Å². The molecule has 0 saturated carbocycles. The number of benzene rings is 3. The second-order valence-corrected chi connectivity index (χ2v) is 6.10. The molecule has 0 N–H and O–H groups in total. The van der Waals surface area contributed by atoms with Gasteiger partial charge in [-0.15, -0.1) is 0 Å². The highest BCUT2D eigenvalue weighted by Gasteiger charge is 2.30. The quantitative estimate of drug-likeness (QED) is 0.295. The third-order valence-corrected chi connectivity index (χ3v) is 4.15. The molecule has 0 unspecified atom stereocenters. The fourth-order valence-electron chi connectivity index (χ4n) is 2.73. The Labute approximate surface area is 165 Å². The molecule has 0 radical (unpaired) electrons. The SMILES string of the molecule is CO/N=C(\c1ccc(F)cc1)c1ccccc1COc1ccc(C(F)(F)F)cc1. The van der Waals surface area contributed by atoms with Crippen molar-refractivity contribution in [1.29, 1.82) is 0 Å². The van der Waals surface area contributed by atoms with E-state index in [1.54, 1.807) is 12.1 Å². The van der Waals surface area contributed by atoms with E-state index in [2.05, 4.69) is 5.16 Å². The van der Waals surface area contributed by atoms with E-state index in [1.807, 2.05) is 24.3 Å². The number of hydrogen-bond acceptors (Lipinski definition) is 3. The molecule has 0 aliphatic carbocycles. The number of nitrogens with zero attached hydrogens (tertiary/aromatic N) is 1. The first-order valence-electron chi connectivity index (χ1n) is 8.64. The Hall–Kier alpha value is -3.35. The van der Waals surface area contributed by atoms with E-state index in [1.165, 1.54) is 31.4 Å². The van der Waals surface area contributed by atoms with E-state index >= 15 is 0 Å². The highest BCUT2D eigenvalue weighted by molar-refractivity contribution is 6.13. The monoisotopic (exact) mass is 403 g/mol. The predicted molar refractivity (Wildman–Crippen MR) is 101 cm³/mol. The molecule has 0 atom stereocenters. The second-order valence-electron chi connectivity index (χ2n) is 6.10. The predicted octanol–water partition coefficient (Wildman–Crippen LogP) is 5.82. The van der Waals surface area contributed by atoms with Crippen LogP contribution in [0.4, 0.5) is 17.6 Å². The Morgan fingerprint density at radius 2 is 1.55 bits per heavy atom. The van der Waals surface area contributed by atoms with Gasteiger partial charge in [0.2, 0.25) is 0 Å². The first kappa shape index (κ1) is 20.4. The minimum absolute atomic E-state index is 0.103. The number of hydrogen-bond donors (Lipinski definition) is 0. The number of halogens is 4. The van der Waals surface area contributed by atoms with Crippen molar-refractivity contribution in [3.8, 4) is 5.75 Å². The molecule has 0 aliphatic rings. The first-order chi connectivity index (χ1) is 13.9. The minimum Gasteiger partial charge on any atom is -0.489 e. The zero-order valence-corrected chi connectivity index (χ0v) is 15.4. The lowest BCUT2D eigenvalue weighted by atomic mass is 9.98. The van der Waals surface area contributed by atoms with Crippen LogP contribution in [0.1, 0.15) is 22.3 Å². The molecule has 7 heteroatoms. The summed E-state index contributed by atoms with van der Waals surface area (Å²) >= 11 is 0. The van der Waals surface area contributed by atoms with E-state index in [9.17, 15) is 17.6 Å². The maximum atomic E-state index is 13.3. The van der Waals surface area contributed by atoms with Gasteiger partial charge in [0.1, 0.15) is 31.0 Å². The van der Waals surface area contributed by atoms with Gasteiger partial charge in [-0.25, -0.2) is 4.39 Å². The summed E-state index contributed by atoms with van der Waals surface area (Å²) in [6.07, 6.45) is -4.40. The third kappa shape index (κ3) is 5.13. The molecule has 3 nitrogen and oxygen atoms in total. The first-order valence-corrected chi connectivity index (χ1v) is 8.64. The summed E-state index contributed by atoms with van der Waals surface area (Å²) in [4.78, 5) is 4.95. The molecule has 150 valence electrons. The van der Waals surface area contributed by atoms with E-state index in [0.717, 1.165) is 17.7 Å². The van der Waals surface area contributed by atoms with Crippen molar-refractivity contribution in [2.45, 2.75) is 12.8 Å². The summed E-state index contributed by atoms with van der Waals surface area (Å²) in [5.74, 6) is -0.0655. The van der Waals surface area contributed by atoms with Crippen molar-refractivity contribution in [2.75, 3.05) is 7.11 Å². The van der Waals surface area contributed by atoms with Gasteiger partial charge < -0.3 is 9.57 Å². The molecule has 3 aromatic carbocycles. The number of ether oxygens (including phenoxy) is 1. The van der Waals surface area contributed by atoms with Crippen LogP contribution in [0.5, 0.6) is 5.75 Å². The highest BCUT2D eigenvalue weighted by atomic mass is 19.4. The smallest absolute Gasteiger partial charge is 0.416 e. The lowest BCUT2D eigenvalue weighted by Gasteiger charge is -2.14. The maximum Gasteiger partial charge on any atom is 0.416 e. The van der Waals surface area contributed by atoms with Crippen LogP contribution < -0.4 is 4.74 Å². The second kappa shape index (κ2) is 8.77. The van der Waals surface area contributed by atoms with Gasteiger partial charge in [0.25, 0.3) is 0 Å². The van der Waals surface area contributed by atoms with Gasteiger partial charge >= 0.3 is 6.18 Å². The molecule has 0 bridgehead atoms. The van der Waals surface area contributed by atoms with E-state index in [4.69, 9.17) is 9.57 Å². The fourth-order valence-corrected chi connectivity index (χ4v) is 2.73. The van der Waals surface area contributed by atoms with Crippen LogP contribution in [-0.4, -0.2) is 12.8 Å². The Morgan fingerprint density at radius 3 is 2.17 bits per heavy atom. The van der Waals surface area contributed by atoms with Crippen molar-refractivity contribution in [2.24, 2.45) is 5.16 Å². The zero-order valence-electron chi connectivity index (χ0n) is 15.4. The highest BCUT2D eigenvalue weighted by Crippen LogP contribution is 2.30. The van der Waals surface area contributed by atoms with Crippen LogP contribution >= 0.6 is 0 Å².